The van der Waals surface area contributed by atoms with E-state index >= 15 is 0 Å². The van der Waals surface area contributed by atoms with Gasteiger partial charge in [-0.3, -0.25) is 9.89 Å². The SMILES string of the molecule is NC1(C(=O)O)CCCC1CCSc1ncn[nH]1. The fourth-order valence-electron chi connectivity index (χ4n) is 2.35. The highest BCUT2D eigenvalue weighted by Gasteiger charge is 2.45. The maximum Gasteiger partial charge on any atom is 0.323 e. The van der Waals surface area contributed by atoms with Crippen LogP contribution in [0.4, 0.5) is 0 Å². The molecule has 0 spiro atoms. The summed E-state index contributed by atoms with van der Waals surface area (Å²) in [5.41, 5.74) is 4.94. The summed E-state index contributed by atoms with van der Waals surface area (Å²) in [7, 11) is 0. The van der Waals surface area contributed by atoms with E-state index in [1.807, 2.05) is 0 Å². The van der Waals surface area contributed by atoms with Gasteiger partial charge in [0, 0.05) is 5.75 Å². The van der Waals surface area contributed by atoms with Crippen LogP contribution < -0.4 is 5.73 Å². The third-order valence-electron chi connectivity index (χ3n) is 3.37. The van der Waals surface area contributed by atoms with Crippen LogP contribution in [0.15, 0.2) is 11.5 Å². The number of aromatic amines is 1. The highest BCUT2D eigenvalue weighted by atomic mass is 32.2. The minimum atomic E-state index is -1.03. The maximum atomic E-state index is 11.2. The van der Waals surface area contributed by atoms with Crippen LogP contribution in [-0.2, 0) is 4.79 Å². The second kappa shape index (κ2) is 5.05. The molecule has 7 heteroatoms. The van der Waals surface area contributed by atoms with Gasteiger partial charge in [-0.2, -0.15) is 5.10 Å². The molecule has 1 aromatic rings. The van der Waals surface area contributed by atoms with E-state index in [-0.39, 0.29) is 5.92 Å². The summed E-state index contributed by atoms with van der Waals surface area (Å²) in [5.74, 6) is 0.00612. The topological polar surface area (TPSA) is 105 Å². The lowest BCUT2D eigenvalue weighted by atomic mass is 9.86. The lowest BCUT2D eigenvalue weighted by Gasteiger charge is -2.26. The number of nitrogens with one attached hydrogen (secondary N) is 1. The molecule has 6 nitrogen and oxygen atoms in total. The van der Waals surface area contributed by atoms with Gasteiger partial charge < -0.3 is 10.8 Å². The molecule has 0 bridgehead atoms. The number of aromatic nitrogens is 3. The number of aliphatic carboxylic acids is 1. The zero-order valence-corrected chi connectivity index (χ0v) is 10.2. The number of rotatable bonds is 5. The summed E-state index contributed by atoms with van der Waals surface area (Å²) in [6.45, 7) is 0. The molecular weight excluding hydrogens is 240 g/mol. The van der Waals surface area contributed by atoms with Crippen LogP contribution in [-0.4, -0.2) is 37.5 Å². The number of nitrogens with two attached hydrogens (primary N) is 1. The van der Waals surface area contributed by atoms with E-state index in [0.717, 1.165) is 30.2 Å². The summed E-state index contributed by atoms with van der Waals surface area (Å²) >= 11 is 1.55. The third-order valence-corrected chi connectivity index (χ3v) is 4.28. The van der Waals surface area contributed by atoms with Crippen LogP contribution in [0.1, 0.15) is 25.7 Å². The van der Waals surface area contributed by atoms with Crippen molar-refractivity contribution in [2.75, 3.05) is 5.75 Å². The van der Waals surface area contributed by atoms with Crippen molar-refractivity contribution in [3.63, 3.8) is 0 Å². The largest absolute Gasteiger partial charge is 0.480 e. The van der Waals surface area contributed by atoms with Gasteiger partial charge >= 0.3 is 5.97 Å². The van der Waals surface area contributed by atoms with Crippen molar-refractivity contribution in [3.8, 4) is 0 Å². The van der Waals surface area contributed by atoms with Crippen molar-refractivity contribution in [3.05, 3.63) is 6.33 Å². The minimum absolute atomic E-state index is 0.0652. The predicted molar refractivity (Wildman–Crippen MR) is 63.6 cm³/mol. The number of H-pyrrole nitrogens is 1. The van der Waals surface area contributed by atoms with Crippen LogP contribution in [0.25, 0.3) is 0 Å². The summed E-state index contributed by atoms with van der Waals surface area (Å²) < 4.78 is 0. The molecule has 0 aliphatic heterocycles. The Bertz CT molecular complexity index is 384. The quantitative estimate of drug-likeness (QED) is 0.675. The van der Waals surface area contributed by atoms with Gasteiger partial charge in [0.25, 0.3) is 0 Å². The van der Waals surface area contributed by atoms with Crippen molar-refractivity contribution < 1.29 is 9.90 Å². The van der Waals surface area contributed by atoms with Crippen molar-refractivity contribution in [1.82, 2.24) is 15.2 Å². The van der Waals surface area contributed by atoms with Gasteiger partial charge in [0.15, 0.2) is 5.16 Å². The molecule has 0 amide bonds. The first-order valence-electron chi connectivity index (χ1n) is 5.63. The summed E-state index contributed by atoms with van der Waals surface area (Å²) in [6.07, 6.45) is 4.65. The smallest absolute Gasteiger partial charge is 0.323 e. The Hall–Kier alpha value is -1.08. The molecule has 1 saturated carbocycles. The van der Waals surface area contributed by atoms with Crippen molar-refractivity contribution >= 4 is 17.7 Å². The Labute approximate surface area is 103 Å². The molecule has 1 aliphatic rings. The Balaban J connectivity index is 1.84. The molecule has 1 aromatic heterocycles. The molecule has 0 radical (unpaired) electrons. The Morgan fingerprint density at radius 3 is 3.24 bits per heavy atom. The van der Waals surface area contributed by atoms with Crippen LogP contribution in [0.5, 0.6) is 0 Å². The second-order valence-corrected chi connectivity index (χ2v) is 5.45. The molecule has 0 saturated heterocycles. The van der Waals surface area contributed by atoms with E-state index in [1.54, 1.807) is 11.8 Å². The number of thioether (sulfide) groups is 1. The Morgan fingerprint density at radius 2 is 2.59 bits per heavy atom. The number of hydrogen-bond acceptors (Lipinski definition) is 5. The highest BCUT2D eigenvalue weighted by Crippen LogP contribution is 2.37. The van der Waals surface area contributed by atoms with E-state index in [1.165, 1.54) is 6.33 Å². The Kier molecular flexibility index (Phi) is 3.68. The van der Waals surface area contributed by atoms with Crippen LogP contribution >= 0.6 is 11.8 Å². The number of carboxylic acids is 1. The maximum absolute atomic E-state index is 11.2. The molecule has 1 aliphatic carbocycles. The van der Waals surface area contributed by atoms with Gasteiger partial charge in [-0.1, -0.05) is 18.2 Å². The number of nitrogens with zero attached hydrogens (tertiary/aromatic N) is 2. The first-order chi connectivity index (χ1) is 8.13. The lowest BCUT2D eigenvalue weighted by molar-refractivity contribution is -0.144. The standard InChI is InChI=1S/C10H16N4O2S/c11-10(8(15)16)4-1-2-7(10)3-5-17-9-12-6-13-14-9/h6-7H,1-5,11H2,(H,15,16)(H,12,13,14). The molecule has 2 rings (SSSR count). The van der Waals surface area contributed by atoms with Crippen LogP contribution in [0.3, 0.4) is 0 Å². The molecule has 1 fully saturated rings. The van der Waals surface area contributed by atoms with Gasteiger partial charge in [0.05, 0.1) is 0 Å². The normalized spacial score (nSPS) is 28.4. The Morgan fingerprint density at radius 1 is 1.76 bits per heavy atom. The summed E-state index contributed by atoms with van der Waals surface area (Å²) in [4.78, 5) is 15.2. The fourth-order valence-corrected chi connectivity index (χ4v) is 3.18. The molecular formula is C10H16N4O2S. The zero-order valence-electron chi connectivity index (χ0n) is 9.43. The monoisotopic (exact) mass is 256 g/mol. The molecule has 94 valence electrons. The highest BCUT2D eigenvalue weighted by molar-refractivity contribution is 7.99. The van der Waals surface area contributed by atoms with Crippen LogP contribution in [0.2, 0.25) is 0 Å². The summed E-state index contributed by atoms with van der Waals surface area (Å²) in [6, 6.07) is 0. The molecule has 2 unspecified atom stereocenters. The average Bonchev–Trinajstić information content (AvgIpc) is 2.90. The number of carboxylic acid groups (broad SMARTS) is 1. The van der Waals surface area contributed by atoms with E-state index in [2.05, 4.69) is 15.2 Å². The van der Waals surface area contributed by atoms with Gasteiger partial charge in [-0.15, -0.1) is 0 Å². The van der Waals surface area contributed by atoms with E-state index in [9.17, 15) is 4.79 Å². The molecule has 2 atom stereocenters. The first-order valence-corrected chi connectivity index (χ1v) is 6.62. The second-order valence-electron chi connectivity index (χ2n) is 4.36. The van der Waals surface area contributed by atoms with Gasteiger partial charge in [-0.25, -0.2) is 4.98 Å². The molecule has 4 N–H and O–H groups in total. The fraction of sp³-hybridized carbons (Fsp3) is 0.700. The van der Waals surface area contributed by atoms with Gasteiger partial charge in [0.2, 0.25) is 0 Å². The third kappa shape index (κ3) is 2.61. The first kappa shape index (κ1) is 12.4. The van der Waals surface area contributed by atoms with Crippen LogP contribution in [0, 0.1) is 5.92 Å². The van der Waals surface area contributed by atoms with Crippen molar-refractivity contribution in [1.29, 1.82) is 0 Å². The van der Waals surface area contributed by atoms with E-state index < -0.39 is 11.5 Å². The summed E-state index contributed by atoms with van der Waals surface area (Å²) in [5, 5.41) is 16.4. The predicted octanol–water partition coefficient (Wildman–Crippen LogP) is 0.869. The zero-order chi connectivity index (χ0) is 12.3. The average molecular weight is 256 g/mol. The van der Waals surface area contributed by atoms with Gasteiger partial charge in [-0.05, 0) is 25.2 Å². The number of carbonyl (C=O) groups is 1. The van der Waals surface area contributed by atoms with Crippen molar-refractivity contribution in [2.24, 2.45) is 11.7 Å². The van der Waals surface area contributed by atoms with Gasteiger partial charge in [0.1, 0.15) is 11.9 Å². The van der Waals surface area contributed by atoms with Crippen molar-refractivity contribution in [2.45, 2.75) is 36.4 Å². The van der Waals surface area contributed by atoms with E-state index in [4.69, 9.17) is 10.8 Å². The molecule has 17 heavy (non-hydrogen) atoms. The van der Waals surface area contributed by atoms with E-state index in [0.29, 0.717) is 6.42 Å². The lowest BCUT2D eigenvalue weighted by Crippen LogP contribution is -2.51. The number of hydrogen-bond donors (Lipinski definition) is 3. The molecule has 0 aromatic carbocycles. The minimum Gasteiger partial charge on any atom is -0.480 e. The molecule has 1 heterocycles.